The summed E-state index contributed by atoms with van der Waals surface area (Å²) in [4.78, 5) is 28.8. The first-order valence-electron chi connectivity index (χ1n) is 9.57. The van der Waals surface area contributed by atoms with E-state index in [1.54, 1.807) is 18.2 Å². The Bertz CT molecular complexity index is 1590. The highest BCUT2D eigenvalue weighted by atomic mass is 32.1. The number of ether oxygens (including phenoxy) is 1. The lowest BCUT2D eigenvalue weighted by atomic mass is 10.1. The number of non-ortho nitro benzene ring substituents is 1. The summed E-state index contributed by atoms with van der Waals surface area (Å²) in [5.74, 6) is 0.0199. The van der Waals surface area contributed by atoms with Crippen molar-refractivity contribution in [3.8, 4) is 5.75 Å². The standard InChI is InChI=1S/C23H14FN3O4S/c24-16-7-5-14(6-8-16)13-31-20-10-9-17(27(29)30)11-15(20)12-21-22(28)26-19-4-2-1-3-18(19)25-23(26)32-21/h1-12H,13H2/b21-12-. The van der Waals surface area contributed by atoms with Crippen LogP contribution in [-0.4, -0.2) is 14.3 Å². The molecule has 0 fully saturated rings. The molecule has 3 aromatic carbocycles. The highest BCUT2D eigenvalue weighted by Gasteiger charge is 2.14. The molecule has 0 bridgehead atoms. The van der Waals surface area contributed by atoms with Crippen molar-refractivity contribution in [3.63, 3.8) is 0 Å². The zero-order valence-corrected chi connectivity index (χ0v) is 17.2. The quantitative estimate of drug-likeness (QED) is 0.299. The zero-order valence-electron chi connectivity index (χ0n) is 16.4. The summed E-state index contributed by atoms with van der Waals surface area (Å²) in [5.41, 5.74) is 2.18. The van der Waals surface area contributed by atoms with Gasteiger partial charge in [0.05, 0.1) is 20.5 Å². The summed E-state index contributed by atoms with van der Waals surface area (Å²) in [7, 11) is 0. The SMILES string of the molecule is O=c1/c(=C/c2cc([N+](=O)[O-])ccc2OCc2ccc(F)cc2)sc2nc3ccccc3n12. The van der Waals surface area contributed by atoms with Crippen LogP contribution in [0, 0.1) is 15.9 Å². The van der Waals surface area contributed by atoms with Crippen LogP contribution in [0.1, 0.15) is 11.1 Å². The number of imidazole rings is 1. The van der Waals surface area contributed by atoms with E-state index in [-0.39, 0.29) is 23.7 Å². The maximum Gasteiger partial charge on any atom is 0.274 e. The molecule has 0 saturated carbocycles. The molecule has 0 spiro atoms. The first-order valence-corrected chi connectivity index (χ1v) is 10.4. The average Bonchev–Trinajstić information content (AvgIpc) is 3.30. The maximum absolute atomic E-state index is 13.1. The highest BCUT2D eigenvalue weighted by molar-refractivity contribution is 7.15. The molecular formula is C23H14FN3O4S. The number of hydrogen-bond acceptors (Lipinski definition) is 6. The van der Waals surface area contributed by atoms with E-state index >= 15 is 0 Å². The molecule has 0 unspecified atom stereocenters. The smallest absolute Gasteiger partial charge is 0.274 e. The third-order valence-electron chi connectivity index (χ3n) is 4.94. The fourth-order valence-corrected chi connectivity index (χ4v) is 4.37. The molecule has 5 rings (SSSR count). The van der Waals surface area contributed by atoms with Gasteiger partial charge in [-0.05, 0) is 42.0 Å². The van der Waals surface area contributed by atoms with Gasteiger partial charge in [0.2, 0.25) is 0 Å². The minimum Gasteiger partial charge on any atom is -0.488 e. The van der Waals surface area contributed by atoms with Gasteiger partial charge in [-0.15, -0.1) is 0 Å². The van der Waals surface area contributed by atoms with E-state index in [1.165, 1.54) is 46.1 Å². The van der Waals surface area contributed by atoms with Crippen LogP contribution in [-0.2, 0) is 6.61 Å². The molecule has 0 atom stereocenters. The van der Waals surface area contributed by atoms with Crippen LogP contribution in [0.15, 0.2) is 71.5 Å². The minimum absolute atomic E-state index is 0.121. The summed E-state index contributed by atoms with van der Waals surface area (Å²) < 4.78 is 20.9. The van der Waals surface area contributed by atoms with Crippen LogP contribution < -0.4 is 14.8 Å². The van der Waals surface area contributed by atoms with Gasteiger partial charge < -0.3 is 4.74 Å². The molecule has 2 heterocycles. The molecule has 0 amide bonds. The molecule has 0 aliphatic heterocycles. The van der Waals surface area contributed by atoms with Crippen molar-refractivity contribution >= 4 is 39.1 Å². The van der Waals surface area contributed by atoms with Crippen LogP contribution in [0.2, 0.25) is 0 Å². The fraction of sp³-hybridized carbons (Fsp3) is 0.0435. The van der Waals surface area contributed by atoms with Crippen molar-refractivity contribution in [1.29, 1.82) is 0 Å². The lowest BCUT2D eigenvalue weighted by molar-refractivity contribution is -0.384. The van der Waals surface area contributed by atoms with Gasteiger partial charge in [0.25, 0.3) is 11.2 Å². The van der Waals surface area contributed by atoms with Crippen LogP contribution in [0.25, 0.3) is 22.1 Å². The summed E-state index contributed by atoms with van der Waals surface area (Å²) in [5, 5.41) is 11.3. The molecule has 7 nitrogen and oxygen atoms in total. The molecule has 32 heavy (non-hydrogen) atoms. The zero-order chi connectivity index (χ0) is 22.2. The molecule has 0 aliphatic carbocycles. The minimum atomic E-state index is -0.506. The van der Waals surface area contributed by atoms with Crippen molar-refractivity contribution < 1.29 is 14.1 Å². The lowest BCUT2D eigenvalue weighted by Gasteiger charge is -2.09. The Hall–Kier alpha value is -4.11. The molecule has 0 saturated heterocycles. The number of para-hydroxylation sites is 2. The fourth-order valence-electron chi connectivity index (χ4n) is 3.39. The molecule has 5 aromatic rings. The number of nitro benzene ring substituents is 1. The summed E-state index contributed by atoms with van der Waals surface area (Å²) >= 11 is 1.20. The molecule has 158 valence electrons. The Morgan fingerprint density at radius 1 is 1.12 bits per heavy atom. The summed E-state index contributed by atoms with van der Waals surface area (Å²) in [6.45, 7) is 0.140. The largest absolute Gasteiger partial charge is 0.488 e. The number of rotatable bonds is 5. The van der Waals surface area contributed by atoms with Crippen molar-refractivity contribution in [1.82, 2.24) is 9.38 Å². The van der Waals surface area contributed by atoms with E-state index in [0.29, 0.717) is 26.3 Å². The van der Waals surface area contributed by atoms with Crippen LogP contribution in [0.5, 0.6) is 5.75 Å². The second-order valence-electron chi connectivity index (χ2n) is 7.03. The first kappa shape index (κ1) is 19.8. The predicted octanol–water partition coefficient (Wildman–Crippen LogP) is 4.08. The monoisotopic (exact) mass is 447 g/mol. The Morgan fingerprint density at radius 3 is 2.69 bits per heavy atom. The van der Waals surface area contributed by atoms with Crippen molar-refractivity contribution in [3.05, 3.63) is 109 Å². The average molecular weight is 447 g/mol. The third-order valence-corrected chi connectivity index (χ3v) is 5.91. The number of aromatic nitrogens is 2. The summed E-state index contributed by atoms with van der Waals surface area (Å²) in [6.07, 6.45) is 1.57. The number of nitro groups is 1. The normalized spacial score (nSPS) is 12.0. The van der Waals surface area contributed by atoms with E-state index in [0.717, 1.165) is 11.1 Å². The van der Waals surface area contributed by atoms with E-state index in [4.69, 9.17) is 4.74 Å². The van der Waals surface area contributed by atoms with Gasteiger partial charge in [-0.1, -0.05) is 35.6 Å². The second-order valence-corrected chi connectivity index (χ2v) is 8.04. The van der Waals surface area contributed by atoms with Gasteiger partial charge >= 0.3 is 0 Å². The van der Waals surface area contributed by atoms with Crippen molar-refractivity contribution in [2.45, 2.75) is 6.61 Å². The predicted molar refractivity (Wildman–Crippen MR) is 119 cm³/mol. The van der Waals surface area contributed by atoms with Crippen molar-refractivity contribution in [2.24, 2.45) is 0 Å². The van der Waals surface area contributed by atoms with Crippen molar-refractivity contribution in [2.75, 3.05) is 0 Å². The Balaban J connectivity index is 1.59. The maximum atomic E-state index is 13.1. The van der Waals surface area contributed by atoms with Gasteiger partial charge in [0, 0.05) is 17.7 Å². The number of fused-ring (bicyclic) bond motifs is 3. The lowest BCUT2D eigenvalue weighted by Crippen LogP contribution is -2.22. The second kappa shape index (κ2) is 7.86. The first-order chi connectivity index (χ1) is 15.5. The number of nitrogens with zero attached hydrogens (tertiary/aromatic N) is 3. The number of halogens is 1. The van der Waals surface area contributed by atoms with Gasteiger partial charge in [0.15, 0.2) is 4.96 Å². The molecular weight excluding hydrogens is 433 g/mol. The van der Waals surface area contributed by atoms with E-state index in [9.17, 15) is 19.3 Å². The Labute approximate surface area is 183 Å². The Kier molecular flexibility index (Phi) is 4.87. The van der Waals surface area contributed by atoms with Gasteiger partial charge in [-0.2, -0.15) is 0 Å². The van der Waals surface area contributed by atoms with Gasteiger partial charge in [0.1, 0.15) is 18.2 Å². The molecule has 2 aromatic heterocycles. The number of benzene rings is 3. The number of thiazole rings is 1. The Morgan fingerprint density at radius 2 is 1.91 bits per heavy atom. The van der Waals surface area contributed by atoms with E-state index < -0.39 is 4.92 Å². The van der Waals surface area contributed by atoms with Gasteiger partial charge in [-0.25, -0.2) is 13.8 Å². The van der Waals surface area contributed by atoms with Crippen LogP contribution >= 0.6 is 11.3 Å². The van der Waals surface area contributed by atoms with E-state index in [2.05, 4.69) is 4.98 Å². The molecule has 9 heteroatoms. The van der Waals surface area contributed by atoms with E-state index in [1.807, 2.05) is 24.3 Å². The highest BCUT2D eigenvalue weighted by Crippen LogP contribution is 2.26. The van der Waals surface area contributed by atoms with Gasteiger partial charge in [-0.3, -0.25) is 14.9 Å². The van der Waals surface area contributed by atoms with Crippen LogP contribution in [0.4, 0.5) is 10.1 Å². The summed E-state index contributed by atoms with van der Waals surface area (Å²) in [6, 6.07) is 17.4. The number of hydrogen-bond donors (Lipinski definition) is 0. The molecule has 0 radical (unpaired) electrons. The third kappa shape index (κ3) is 3.58. The van der Waals surface area contributed by atoms with Crippen LogP contribution in [0.3, 0.4) is 0 Å². The molecule has 0 N–H and O–H groups in total. The molecule has 0 aliphatic rings. The topological polar surface area (TPSA) is 86.7 Å².